The molecule has 1 N–H and O–H groups in total. The van der Waals surface area contributed by atoms with Gasteiger partial charge in [0.05, 0.1) is 24.3 Å². The molecule has 2 aromatic rings. The van der Waals surface area contributed by atoms with Gasteiger partial charge in [-0.2, -0.15) is 0 Å². The van der Waals surface area contributed by atoms with Gasteiger partial charge in [0, 0.05) is 13.1 Å². The van der Waals surface area contributed by atoms with E-state index < -0.39 is 17.7 Å². The number of likely N-dealkylation sites (N-methyl/N-ethyl adjacent to an activating group) is 1. The molecule has 1 aliphatic heterocycles. The van der Waals surface area contributed by atoms with Crippen LogP contribution in [0.15, 0.2) is 66.8 Å². The fourth-order valence-corrected chi connectivity index (χ4v) is 3.68. The number of hydrogen-bond acceptors (Lipinski definition) is 6. The number of hydrogen-bond donors (Lipinski definition) is 1. The Bertz CT molecular complexity index is 1040. The summed E-state index contributed by atoms with van der Waals surface area (Å²) in [4.78, 5) is 29.5. The lowest BCUT2D eigenvalue weighted by molar-refractivity contribution is -0.140. The highest BCUT2D eigenvalue weighted by molar-refractivity contribution is 6.46. The number of ketones is 1. The maximum atomic E-state index is 13.1. The van der Waals surface area contributed by atoms with E-state index in [1.807, 2.05) is 25.1 Å². The molecule has 1 heterocycles. The summed E-state index contributed by atoms with van der Waals surface area (Å²) in [7, 11) is 5.27. The van der Waals surface area contributed by atoms with Gasteiger partial charge in [0.25, 0.3) is 11.7 Å². The number of amides is 1. The molecule has 1 aliphatic rings. The third-order valence-electron chi connectivity index (χ3n) is 5.23. The fraction of sp³-hybridized carbons (Fsp3) is 0.280. The van der Waals surface area contributed by atoms with Crippen LogP contribution < -0.4 is 9.47 Å². The zero-order valence-corrected chi connectivity index (χ0v) is 18.6. The molecule has 1 unspecified atom stereocenters. The topological polar surface area (TPSA) is 79.3 Å². The largest absolute Gasteiger partial charge is 0.507 e. The highest BCUT2D eigenvalue weighted by Gasteiger charge is 2.46. The van der Waals surface area contributed by atoms with Crippen LogP contribution in [0.25, 0.3) is 5.76 Å². The number of benzene rings is 2. The number of para-hydroxylation sites is 1. The van der Waals surface area contributed by atoms with E-state index >= 15 is 0 Å². The summed E-state index contributed by atoms with van der Waals surface area (Å²) in [6, 6.07) is 13.3. The van der Waals surface area contributed by atoms with Crippen molar-refractivity contribution in [3.63, 3.8) is 0 Å². The summed E-state index contributed by atoms with van der Waals surface area (Å²) in [5, 5.41) is 11.2. The first-order valence-corrected chi connectivity index (χ1v) is 10.3. The Morgan fingerprint density at radius 3 is 2.62 bits per heavy atom. The van der Waals surface area contributed by atoms with Gasteiger partial charge in [-0.15, -0.1) is 0 Å². The van der Waals surface area contributed by atoms with E-state index in [-0.39, 0.29) is 11.3 Å². The molecule has 2 aromatic carbocycles. The highest BCUT2D eigenvalue weighted by atomic mass is 16.5. The van der Waals surface area contributed by atoms with Crippen molar-refractivity contribution in [1.29, 1.82) is 0 Å². The predicted octanol–water partition coefficient (Wildman–Crippen LogP) is 3.24. The smallest absolute Gasteiger partial charge is 0.295 e. The molecular weight excluding hydrogens is 408 g/mol. The average molecular weight is 437 g/mol. The quantitative estimate of drug-likeness (QED) is 0.281. The molecule has 1 fully saturated rings. The normalized spacial score (nSPS) is 17.6. The third-order valence-corrected chi connectivity index (χ3v) is 5.23. The lowest BCUT2D eigenvalue weighted by Gasteiger charge is -2.27. The number of nitrogens with zero attached hydrogens (tertiary/aromatic N) is 2. The molecule has 168 valence electrons. The molecule has 7 nitrogen and oxygen atoms in total. The van der Waals surface area contributed by atoms with Gasteiger partial charge in [-0.05, 0) is 43.9 Å². The fourth-order valence-electron chi connectivity index (χ4n) is 3.68. The maximum Gasteiger partial charge on any atom is 0.295 e. The Hall–Kier alpha value is -3.58. The van der Waals surface area contributed by atoms with Crippen molar-refractivity contribution in [3.05, 3.63) is 77.9 Å². The molecule has 1 atom stereocenters. The number of Topliss-reactive ketones (excluding diaryl/α,β-unsaturated/α-hetero) is 1. The van der Waals surface area contributed by atoms with Gasteiger partial charge >= 0.3 is 0 Å². The van der Waals surface area contributed by atoms with E-state index in [2.05, 4.69) is 6.58 Å². The Morgan fingerprint density at radius 1 is 1.19 bits per heavy atom. The third kappa shape index (κ3) is 4.68. The van der Waals surface area contributed by atoms with Gasteiger partial charge in [0.1, 0.15) is 23.9 Å². The molecule has 32 heavy (non-hydrogen) atoms. The minimum absolute atomic E-state index is 0.0270. The van der Waals surface area contributed by atoms with Crippen LogP contribution in [0.4, 0.5) is 0 Å². The van der Waals surface area contributed by atoms with Crippen molar-refractivity contribution in [1.82, 2.24) is 9.80 Å². The van der Waals surface area contributed by atoms with Crippen LogP contribution in [0, 0.1) is 0 Å². The molecule has 7 heteroatoms. The average Bonchev–Trinajstić information content (AvgIpc) is 3.05. The first-order valence-electron chi connectivity index (χ1n) is 10.3. The van der Waals surface area contributed by atoms with E-state index in [9.17, 15) is 14.7 Å². The molecule has 0 aromatic heterocycles. The van der Waals surface area contributed by atoms with Gasteiger partial charge in [-0.1, -0.05) is 36.9 Å². The van der Waals surface area contributed by atoms with Crippen molar-refractivity contribution < 1.29 is 24.2 Å². The number of rotatable bonds is 9. The number of likely N-dealkylation sites (tertiary alicyclic amines) is 1. The molecule has 1 amide bonds. The van der Waals surface area contributed by atoms with Crippen LogP contribution in [-0.2, 0) is 9.59 Å². The first-order chi connectivity index (χ1) is 15.4. The lowest BCUT2D eigenvalue weighted by atomic mass is 9.95. The van der Waals surface area contributed by atoms with Crippen molar-refractivity contribution in [2.24, 2.45) is 0 Å². The molecular formula is C25H28N2O5. The Kier molecular flexibility index (Phi) is 7.33. The molecule has 0 saturated carbocycles. The van der Waals surface area contributed by atoms with Crippen LogP contribution in [-0.4, -0.2) is 67.5 Å². The van der Waals surface area contributed by atoms with Crippen LogP contribution in [0.3, 0.4) is 0 Å². The minimum Gasteiger partial charge on any atom is -0.507 e. The summed E-state index contributed by atoms with van der Waals surface area (Å²) in [5.74, 6) is -0.653. The second-order valence-electron chi connectivity index (χ2n) is 7.67. The van der Waals surface area contributed by atoms with E-state index in [1.165, 1.54) is 12.0 Å². The maximum absolute atomic E-state index is 13.1. The highest BCUT2D eigenvalue weighted by Crippen LogP contribution is 2.41. The zero-order chi connectivity index (χ0) is 23.3. The summed E-state index contributed by atoms with van der Waals surface area (Å²) in [6.07, 6.45) is 1.64. The van der Waals surface area contributed by atoms with E-state index in [0.29, 0.717) is 42.3 Å². The van der Waals surface area contributed by atoms with Gasteiger partial charge in [0.15, 0.2) is 0 Å². The van der Waals surface area contributed by atoms with Crippen molar-refractivity contribution in [3.8, 4) is 11.5 Å². The van der Waals surface area contributed by atoms with Gasteiger partial charge in [0.2, 0.25) is 0 Å². The monoisotopic (exact) mass is 436 g/mol. The van der Waals surface area contributed by atoms with Crippen LogP contribution in [0.5, 0.6) is 11.5 Å². The molecule has 0 bridgehead atoms. The van der Waals surface area contributed by atoms with E-state index in [0.717, 1.165) is 0 Å². The minimum atomic E-state index is -0.757. The van der Waals surface area contributed by atoms with Crippen molar-refractivity contribution >= 4 is 17.4 Å². The first kappa shape index (κ1) is 23.1. The number of carbonyl (C=O) groups excluding carboxylic acids is 2. The number of carbonyl (C=O) groups is 2. The van der Waals surface area contributed by atoms with Crippen molar-refractivity contribution in [2.45, 2.75) is 6.04 Å². The van der Waals surface area contributed by atoms with Gasteiger partial charge in [-0.3, -0.25) is 9.59 Å². The van der Waals surface area contributed by atoms with E-state index in [1.54, 1.807) is 48.5 Å². The zero-order valence-electron chi connectivity index (χ0n) is 18.6. The SMILES string of the molecule is C=CCOc1cccc(C2/C(=C(\O)c3ccccc3OC)C(=O)C(=O)N2CCN(C)C)c1. The Balaban J connectivity index is 2.16. The van der Waals surface area contributed by atoms with Crippen LogP contribution in [0.1, 0.15) is 17.2 Å². The summed E-state index contributed by atoms with van der Waals surface area (Å²) in [5.41, 5.74) is 1.05. The molecule has 3 rings (SSSR count). The molecule has 0 aliphatic carbocycles. The second kappa shape index (κ2) is 10.2. The van der Waals surface area contributed by atoms with Crippen molar-refractivity contribution in [2.75, 3.05) is 40.9 Å². The van der Waals surface area contributed by atoms with Crippen LogP contribution in [0.2, 0.25) is 0 Å². The molecule has 1 saturated heterocycles. The standard InChI is InChI=1S/C25H28N2O5/c1-5-15-32-18-10-8-9-17(16-18)22-21(23(28)19-11-6-7-12-20(19)31-4)24(29)25(30)27(22)14-13-26(2)3/h5-12,16,22,28H,1,13-15H2,2-4H3/b23-21+. The number of methoxy groups -OCH3 is 1. The van der Waals surface area contributed by atoms with Crippen LogP contribution >= 0.6 is 0 Å². The van der Waals surface area contributed by atoms with E-state index in [4.69, 9.17) is 9.47 Å². The molecule has 0 spiro atoms. The summed E-state index contributed by atoms with van der Waals surface area (Å²) in [6.45, 7) is 4.86. The summed E-state index contributed by atoms with van der Waals surface area (Å²) < 4.78 is 11.0. The Morgan fingerprint density at radius 2 is 1.94 bits per heavy atom. The number of aliphatic hydroxyl groups excluding tert-OH is 1. The van der Waals surface area contributed by atoms with Gasteiger partial charge < -0.3 is 24.4 Å². The Labute approximate surface area is 188 Å². The van der Waals surface area contributed by atoms with Gasteiger partial charge in [-0.25, -0.2) is 0 Å². The number of ether oxygens (including phenoxy) is 2. The number of aliphatic hydroxyl groups is 1. The molecule has 0 radical (unpaired) electrons. The summed E-state index contributed by atoms with van der Waals surface area (Å²) >= 11 is 0. The second-order valence-corrected chi connectivity index (χ2v) is 7.67. The predicted molar refractivity (Wildman–Crippen MR) is 123 cm³/mol. The lowest BCUT2D eigenvalue weighted by Crippen LogP contribution is -2.35.